The number of aromatic nitrogens is 3. The number of amides is 1. The molecule has 30 heavy (non-hydrogen) atoms. The number of carbonyl (C=O) groups excluding carboxylic acids is 1. The van der Waals surface area contributed by atoms with Gasteiger partial charge in [-0.3, -0.25) is 14.2 Å². The Morgan fingerprint density at radius 1 is 1.07 bits per heavy atom. The van der Waals surface area contributed by atoms with Gasteiger partial charge in [-0.05, 0) is 48.9 Å². The van der Waals surface area contributed by atoms with Gasteiger partial charge in [0.25, 0.3) is 5.56 Å². The van der Waals surface area contributed by atoms with Crippen LogP contribution in [0.25, 0.3) is 16.6 Å². The summed E-state index contributed by atoms with van der Waals surface area (Å²) in [6.45, 7) is 1.95. The molecular weight excluding hydrogens is 396 g/mol. The van der Waals surface area contributed by atoms with Crippen LogP contribution in [-0.4, -0.2) is 26.2 Å². The summed E-state index contributed by atoms with van der Waals surface area (Å²) in [6.07, 6.45) is 1.94. The first-order chi connectivity index (χ1) is 14.6. The third kappa shape index (κ3) is 4.41. The van der Waals surface area contributed by atoms with Crippen molar-refractivity contribution in [3.05, 3.63) is 88.8 Å². The molecule has 0 spiro atoms. The highest BCUT2D eigenvalue weighted by molar-refractivity contribution is 7.99. The molecular formula is C23H20N4O2S. The standard InChI is InChI=1S/C23H20N4O2S/c1-16-11-13-24-20(15-16)26-21(28)12-14-30-23-25-19-10-6-5-9-18(19)22(29)27(23)17-7-3-2-4-8-17/h2-11,13,15H,12,14H2,1H3,(H,24,26,28). The minimum atomic E-state index is -0.130. The van der Waals surface area contributed by atoms with Crippen LogP contribution >= 0.6 is 11.8 Å². The van der Waals surface area contributed by atoms with Crippen molar-refractivity contribution in [1.29, 1.82) is 0 Å². The molecule has 0 radical (unpaired) electrons. The van der Waals surface area contributed by atoms with Crippen molar-refractivity contribution < 1.29 is 4.79 Å². The van der Waals surface area contributed by atoms with E-state index in [4.69, 9.17) is 0 Å². The maximum Gasteiger partial charge on any atom is 0.266 e. The van der Waals surface area contributed by atoms with Gasteiger partial charge in [-0.25, -0.2) is 9.97 Å². The van der Waals surface area contributed by atoms with Gasteiger partial charge in [-0.2, -0.15) is 0 Å². The quantitative estimate of drug-likeness (QED) is 0.376. The highest BCUT2D eigenvalue weighted by atomic mass is 32.2. The van der Waals surface area contributed by atoms with Gasteiger partial charge in [0.15, 0.2) is 5.16 Å². The topological polar surface area (TPSA) is 76.9 Å². The lowest BCUT2D eigenvalue weighted by molar-refractivity contribution is -0.115. The maximum absolute atomic E-state index is 13.1. The SMILES string of the molecule is Cc1ccnc(NC(=O)CCSc2nc3ccccc3c(=O)n2-c2ccccc2)c1. The minimum absolute atomic E-state index is 0.122. The number of hydrogen-bond donors (Lipinski definition) is 1. The molecule has 2 aromatic heterocycles. The van der Waals surface area contributed by atoms with Gasteiger partial charge in [0.2, 0.25) is 5.91 Å². The van der Waals surface area contributed by atoms with Crippen LogP contribution in [0.15, 0.2) is 82.9 Å². The molecule has 0 saturated carbocycles. The van der Waals surface area contributed by atoms with E-state index in [1.807, 2.05) is 67.6 Å². The molecule has 1 N–H and O–H groups in total. The first-order valence-corrected chi connectivity index (χ1v) is 10.5. The fourth-order valence-corrected chi connectivity index (χ4v) is 4.01. The Labute approximate surface area is 178 Å². The molecule has 0 aliphatic heterocycles. The van der Waals surface area contributed by atoms with Gasteiger partial charge < -0.3 is 5.32 Å². The van der Waals surface area contributed by atoms with Crippen molar-refractivity contribution in [2.45, 2.75) is 18.5 Å². The van der Waals surface area contributed by atoms with E-state index in [2.05, 4.69) is 15.3 Å². The summed E-state index contributed by atoms with van der Waals surface area (Å²) in [5.41, 5.74) is 2.30. The van der Waals surface area contributed by atoms with E-state index in [0.717, 1.165) is 11.3 Å². The maximum atomic E-state index is 13.1. The Morgan fingerprint density at radius 2 is 1.83 bits per heavy atom. The molecule has 0 aliphatic carbocycles. The summed E-state index contributed by atoms with van der Waals surface area (Å²) in [5.74, 6) is 0.889. The molecule has 2 heterocycles. The van der Waals surface area contributed by atoms with E-state index in [1.165, 1.54) is 11.8 Å². The molecule has 0 atom stereocenters. The van der Waals surface area contributed by atoms with E-state index >= 15 is 0 Å². The summed E-state index contributed by atoms with van der Waals surface area (Å²) >= 11 is 1.38. The average molecular weight is 417 g/mol. The van der Waals surface area contributed by atoms with Gasteiger partial charge in [-0.15, -0.1) is 0 Å². The Balaban J connectivity index is 1.56. The summed E-state index contributed by atoms with van der Waals surface area (Å²) in [5, 5.41) is 3.93. The van der Waals surface area contributed by atoms with Gasteiger partial charge >= 0.3 is 0 Å². The molecule has 0 aliphatic rings. The molecule has 4 aromatic rings. The predicted molar refractivity (Wildman–Crippen MR) is 120 cm³/mol. The first-order valence-electron chi connectivity index (χ1n) is 9.54. The molecule has 7 heteroatoms. The second kappa shape index (κ2) is 8.92. The summed E-state index contributed by atoms with van der Waals surface area (Å²) in [4.78, 5) is 34.3. The van der Waals surface area contributed by atoms with Crippen LogP contribution in [-0.2, 0) is 4.79 Å². The Morgan fingerprint density at radius 3 is 2.63 bits per heavy atom. The fraction of sp³-hybridized carbons (Fsp3) is 0.130. The number of thioether (sulfide) groups is 1. The number of aryl methyl sites for hydroxylation is 1. The van der Waals surface area contributed by atoms with Crippen LogP contribution in [0.2, 0.25) is 0 Å². The number of para-hydroxylation sites is 2. The summed E-state index contributed by atoms with van der Waals surface area (Å²) < 4.78 is 1.60. The highest BCUT2D eigenvalue weighted by Gasteiger charge is 2.14. The molecule has 0 bridgehead atoms. The van der Waals surface area contributed by atoms with E-state index in [9.17, 15) is 9.59 Å². The zero-order chi connectivity index (χ0) is 20.9. The molecule has 4 rings (SSSR count). The Hall–Kier alpha value is -3.45. The third-order valence-corrected chi connectivity index (χ3v) is 5.44. The van der Waals surface area contributed by atoms with Crippen molar-refractivity contribution in [2.75, 3.05) is 11.1 Å². The number of rotatable bonds is 6. The van der Waals surface area contributed by atoms with Crippen LogP contribution in [0.3, 0.4) is 0 Å². The van der Waals surface area contributed by atoms with Crippen molar-refractivity contribution in [1.82, 2.24) is 14.5 Å². The van der Waals surface area contributed by atoms with Crippen LogP contribution in [0.4, 0.5) is 5.82 Å². The zero-order valence-electron chi connectivity index (χ0n) is 16.4. The number of pyridine rings is 1. The van der Waals surface area contributed by atoms with Crippen molar-refractivity contribution in [2.24, 2.45) is 0 Å². The van der Waals surface area contributed by atoms with Crippen LogP contribution in [0, 0.1) is 6.92 Å². The summed E-state index contributed by atoms with van der Waals surface area (Å²) in [6, 6.07) is 20.4. The highest BCUT2D eigenvalue weighted by Crippen LogP contribution is 2.22. The van der Waals surface area contributed by atoms with Crippen molar-refractivity contribution in [3.8, 4) is 5.69 Å². The normalized spacial score (nSPS) is 10.8. The number of benzene rings is 2. The van der Waals surface area contributed by atoms with Gasteiger partial charge in [0, 0.05) is 18.4 Å². The number of anilines is 1. The number of fused-ring (bicyclic) bond motifs is 1. The van der Waals surface area contributed by atoms with Crippen molar-refractivity contribution in [3.63, 3.8) is 0 Å². The van der Waals surface area contributed by atoms with Gasteiger partial charge in [0.05, 0.1) is 16.6 Å². The van der Waals surface area contributed by atoms with Crippen molar-refractivity contribution >= 4 is 34.4 Å². The predicted octanol–water partition coefficient (Wildman–Crippen LogP) is 4.21. The molecule has 6 nitrogen and oxygen atoms in total. The van der Waals surface area contributed by atoms with Crippen LogP contribution in [0.5, 0.6) is 0 Å². The first kappa shape index (κ1) is 19.8. The van der Waals surface area contributed by atoms with Crippen LogP contribution in [0.1, 0.15) is 12.0 Å². The van der Waals surface area contributed by atoms with E-state index in [0.29, 0.717) is 27.6 Å². The zero-order valence-corrected chi connectivity index (χ0v) is 17.2. The largest absolute Gasteiger partial charge is 0.311 e. The average Bonchev–Trinajstić information content (AvgIpc) is 2.74. The Kier molecular flexibility index (Phi) is 5.90. The van der Waals surface area contributed by atoms with Crippen LogP contribution < -0.4 is 10.9 Å². The number of nitrogens with one attached hydrogen (secondary N) is 1. The van der Waals surface area contributed by atoms with E-state index in [-0.39, 0.29) is 17.9 Å². The summed E-state index contributed by atoms with van der Waals surface area (Å²) in [7, 11) is 0. The number of nitrogens with zero attached hydrogens (tertiary/aromatic N) is 3. The third-order valence-electron chi connectivity index (χ3n) is 4.50. The molecule has 0 saturated heterocycles. The lowest BCUT2D eigenvalue weighted by Crippen LogP contribution is -2.22. The fourth-order valence-electron chi connectivity index (χ4n) is 3.06. The second-order valence-corrected chi connectivity index (χ2v) is 7.81. The number of hydrogen-bond acceptors (Lipinski definition) is 5. The van der Waals surface area contributed by atoms with Gasteiger partial charge in [-0.1, -0.05) is 42.1 Å². The molecule has 0 fully saturated rings. The molecule has 150 valence electrons. The Bertz CT molecular complexity index is 1260. The monoisotopic (exact) mass is 416 g/mol. The lowest BCUT2D eigenvalue weighted by Gasteiger charge is -2.13. The minimum Gasteiger partial charge on any atom is -0.311 e. The smallest absolute Gasteiger partial charge is 0.266 e. The van der Waals surface area contributed by atoms with Gasteiger partial charge in [0.1, 0.15) is 5.82 Å². The van der Waals surface area contributed by atoms with E-state index in [1.54, 1.807) is 16.8 Å². The molecule has 2 aromatic carbocycles. The lowest BCUT2D eigenvalue weighted by atomic mass is 10.2. The molecule has 0 unspecified atom stereocenters. The molecule has 1 amide bonds. The second-order valence-electron chi connectivity index (χ2n) is 6.75. The number of carbonyl (C=O) groups is 1. The van der Waals surface area contributed by atoms with E-state index < -0.39 is 0 Å².